The zero-order valence-electron chi connectivity index (χ0n) is 11.7. The summed E-state index contributed by atoms with van der Waals surface area (Å²) in [5.41, 5.74) is 1.36. The first-order valence-electron chi connectivity index (χ1n) is 6.54. The molecule has 0 aliphatic carbocycles. The molecule has 6 nitrogen and oxygen atoms in total. The first kappa shape index (κ1) is 17.4. The Morgan fingerprint density at radius 1 is 1.17 bits per heavy atom. The fourth-order valence-electron chi connectivity index (χ4n) is 2.09. The molecule has 0 aromatic heterocycles. The molecule has 0 fully saturated rings. The normalized spacial score (nSPS) is 11.7. The minimum absolute atomic E-state index is 0.0342. The molecule has 0 saturated carbocycles. The van der Waals surface area contributed by atoms with Gasteiger partial charge in [0, 0.05) is 26.8 Å². The van der Waals surface area contributed by atoms with Crippen molar-refractivity contribution in [3.63, 3.8) is 0 Å². The van der Waals surface area contributed by atoms with Crippen LogP contribution >= 0.6 is 31.9 Å². The molecule has 0 spiro atoms. The quantitative estimate of drug-likeness (QED) is 0.496. The summed E-state index contributed by atoms with van der Waals surface area (Å²) in [6.07, 6.45) is -0.151. The number of nitrogens with zero attached hydrogens (tertiary/aromatic N) is 1. The molecule has 0 saturated heterocycles. The van der Waals surface area contributed by atoms with Gasteiger partial charge in [0.1, 0.15) is 0 Å². The summed E-state index contributed by atoms with van der Waals surface area (Å²) in [7, 11) is 0. The van der Waals surface area contributed by atoms with Crippen LogP contribution in [0, 0.1) is 10.1 Å². The minimum Gasteiger partial charge on any atom is -0.481 e. The van der Waals surface area contributed by atoms with Crippen molar-refractivity contribution in [3.05, 3.63) is 67.1 Å². The molecule has 0 radical (unpaired) electrons. The molecule has 2 rings (SSSR count). The summed E-state index contributed by atoms with van der Waals surface area (Å²) in [5, 5.41) is 23.0. The number of benzene rings is 2. The van der Waals surface area contributed by atoms with E-state index < -0.39 is 16.9 Å². The number of carboxylic acids is 1. The number of carbonyl (C=O) groups is 1. The highest BCUT2D eigenvalue weighted by atomic mass is 79.9. The van der Waals surface area contributed by atoms with Crippen LogP contribution in [0.4, 0.5) is 11.4 Å². The Labute approximate surface area is 148 Å². The molecule has 23 heavy (non-hydrogen) atoms. The van der Waals surface area contributed by atoms with Gasteiger partial charge >= 0.3 is 5.97 Å². The van der Waals surface area contributed by atoms with E-state index in [2.05, 4.69) is 37.2 Å². The summed E-state index contributed by atoms with van der Waals surface area (Å²) in [5.74, 6) is -0.963. The van der Waals surface area contributed by atoms with Crippen molar-refractivity contribution in [2.45, 2.75) is 12.5 Å². The molecular formula is C15H12Br2N2O4. The van der Waals surface area contributed by atoms with E-state index in [0.717, 1.165) is 14.6 Å². The van der Waals surface area contributed by atoms with Crippen LogP contribution in [0.25, 0.3) is 0 Å². The zero-order valence-corrected chi connectivity index (χ0v) is 14.9. The molecule has 1 atom stereocenters. The van der Waals surface area contributed by atoms with Gasteiger partial charge in [-0.1, -0.05) is 44.0 Å². The number of carboxylic acid groups (broad SMARTS) is 1. The van der Waals surface area contributed by atoms with Gasteiger partial charge < -0.3 is 10.4 Å². The molecule has 0 unspecified atom stereocenters. The number of non-ortho nitro benzene ring substituents is 1. The Morgan fingerprint density at radius 2 is 1.74 bits per heavy atom. The number of nitrogens with one attached hydrogen (secondary N) is 1. The van der Waals surface area contributed by atoms with E-state index in [1.54, 1.807) is 12.1 Å². The lowest BCUT2D eigenvalue weighted by molar-refractivity contribution is -0.384. The number of rotatable bonds is 6. The van der Waals surface area contributed by atoms with Gasteiger partial charge in [0.05, 0.1) is 17.4 Å². The van der Waals surface area contributed by atoms with Gasteiger partial charge in [0.25, 0.3) is 5.69 Å². The Hall–Kier alpha value is -1.93. The SMILES string of the molecule is O=C(O)C[C@H](Nc1cc(Br)cc(Br)c1)c1ccc([N+](=O)[O-])cc1. The van der Waals surface area contributed by atoms with Crippen molar-refractivity contribution in [1.82, 2.24) is 0 Å². The van der Waals surface area contributed by atoms with Crippen molar-refractivity contribution in [2.75, 3.05) is 5.32 Å². The molecule has 0 heterocycles. The highest BCUT2D eigenvalue weighted by Gasteiger charge is 2.17. The molecule has 0 aliphatic heterocycles. The Balaban J connectivity index is 2.29. The van der Waals surface area contributed by atoms with Crippen LogP contribution in [0.5, 0.6) is 0 Å². The van der Waals surface area contributed by atoms with Crippen LogP contribution in [-0.2, 0) is 4.79 Å². The van der Waals surface area contributed by atoms with Crippen molar-refractivity contribution in [1.29, 1.82) is 0 Å². The maximum atomic E-state index is 11.1. The topological polar surface area (TPSA) is 92.5 Å². The summed E-state index contributed by atoms with van der Waals surface area (Å²) in [6, 6.07) is 10.9. The summed E-state index contributed by atoms with van der Waals surface area (Å²) < 4.78 is 1.68. The van der Waals surface area contributed by atoms with E-state index in [0.29, 0.717) is 5.56 Å². The van der Waals surface area contributed by atoms with Gasteiger partial charge in [0.15, 0.2) is 0 Å². The first-order chi connectivity index (χ1) is 10.8. The van der Waals surface area contributed by atoms with Crippen LogP contribution in [0.2, 0.25) is 0 Å². The number of nitro groups is 1. The Kier molecular flexibility index (Phi) is 5.73. The second-order valence-electron chi connectivity index (χ2n) is 4.80. The molecule has 2 aromatic carbocycles. The maximum Gasteiger partial charge on any atom is 0.305 e. The molecule has 120 valence electrons. The fraction of sp³-hybridized carbons (Fsp3) is 0.133. The molecule has 0 bridgehead atoms. The van der Waals surface area contributed by atoms with Crippen molar-refractivity contribution in [2.24, 2.45) is 0 Å². The molecule has 0 aliphatic rings. The van der Waals surface area contributed by atoms with Crippen molar-refractivity contribution >= 4 is 49.2 Å². The van der Waals surface area contributed by atoms with Gasteiger partial charge in [0.2, 0.25) is 0 Å². The van der Waals surface area contributed by atoms with Crippen LogP contribution in [0.1, 0.15) is 18.0 Å². The van der Waals surface area contributed by atoms with Gasteiger partial charge in [-0.25, -0.2) is 0 Å². The van der Waals surface area contributed by atoms with Crippen LogP contribution in [0.3, 0.4) is 0 Å². The van der Waals surface area contributed by atoms with Gasteiger partial charge in [-0.05, 0) is 23.8 Å². The summed E-state index contributed by atoms with van der Waals surface area (Å²) >= 11 is 6.75. The van der Waals surface area contributed by atoms with Crippen LogP contribution in [-0.4, -0.2) is 16.0 Å². The van der Waals surface area contributed by atoms with E-state index in [9.17, 15) is 14.9 Å². The summed E-state index contributed by atoms with van der Waals surface area (Å²) in [6.45, 7) is 0. The lowest BCUT2D eigenvalue weighted by atomic mass is 10.0. The van der Waals surface area contributed by atoms with E-state index >= 15 is 0 Å². The average molecular weight is 444 g/mol. The van der Waals surface area contributed by atoms with Gasteiger partial charge in [-0.2, -0.15) is 0 Å². The lowest BCUT2D eigenvalue weighted by Crippen LogP contribution is -2.15. The zero-order chi connectivity index (χ0) is 17.0. The number of aliphatic carboxylic acids is 1. The Morgan fingerprint density at radius 3 is 2.22 bits per heavy atom. The predicted molar refractivity (Wildman–Crippen MR) is 93.6 cm³/mol. The minimum atomic E-state index is -0.963. The highest BCUT2D eigenvalue weighted by molar-refractivity contribution is 9.11. The first-order valence-corrected chi connectivity index (χ1v) is 8.12. The van der Waals surface area contributed by atoms with E-state index in [-0.39, 0.29) is 12.1 Å². The highest BCUT2D eigenvalue weighted by Crippen LogP contribution is 2.29. The van der Waals surface area contributed by atoms with Gasteiger partial charge in [-0.15, -0.1) is 0 Å². The van der Waals surface area contributed by atoms with E-state index in [1.165, 1.54) is 12.1 Å². The molecule has 2 aromatic rings. The van der Waals surface area contributed by atoms with Crippen molar-refractivity contribution < 1.29 is 14.8 Å². The smallest absolute Gasteiger partial charge is 0.305 e. The maximum absolute atomic E-state index is 11.1. The lowest BCUT2D eigenvalue weighted by Gasteiger charge is -2.19. The van der Waals surface area contributed by atoms with Crippen molar-refractivity contribution in [3.8, 4) is 0 Å². The average Bonchev–Trinajstić information content (AvgIpc) is 2.45. The largest absolute Gasteiger partial charge is 0.481 e. The predicted octanol–water partition coefficient (Wildman–Crippen LogP) is 4.75. The molecule has 2 N–H and O–H groups in total. The fourth-order valence-corrected chi connectivity index (χ4v) is 3.39. The van der Waals surface area contributed by atoms with Crippen LogP contribution in [0.15, 0.2) is 51.4 Å². The second kappa shape index (κ2) is 7.56. The molecule has 0 amide bonds. The Bertz CT molecular complexity index is 715. The summed E-state index contributed by atoms with van der Waals surface area (Å²) in [4.78, 5) is 21.3. The standard InChI is InChI=1S/C15H12Br2N2O4/c16-10-5-11(17)7-12(6-10)18-14(8-15(20)21)9-1-3-13(4-2-9)19(22)23/h1-7,14,18H,8H2,(H,20,21)/t14-/m0/s1. The number of anilines is 1. The number of hydrogen-bond donors (Lipinski definition) is 2. The number of hydrogen-bond acceptors (Lipinski definition) is 4. The van der Waals surface area contributed by atoms with E-state index in [4.69, 9.17) is 5.11 Å². The third-order valence-corrected chi connectivity index (χ3v) is 4.00. The van der Waals surface area contributed by atoms with Gasteiger partial charge in [-0.3, -0.25) is 14.9 Å². The molecule has 8 heteroatoms. The number of halogens is 2. The molecular weight excluding hydrogens is 432 g/mol. The number of nitro benzene ring substituents is 1. The van der Waals surface area contributed by atoms with E-state index in [1.807, 2.05) is 18.2 Å². The third-order valence-electron chi connectivity index (χ3n) is 3.09. The monoisotopic (exact) mass is 442 g/mol. The second-order valence-corrected chi connectivity index (χ2v) is 6.63. The van der Waals surface area contributed by atoms with Crippen LogP contribution < -0.4 is 5.32 Å². The third kappa shape index (κ3) is 5.04.